The maximum atomic E-state index is 12.6. The fourth-order valence-corrected chi connectivity index (χ4v) is 3.64. The van der Waals surface area contributed by atoms with Crippen molar-refractivity contribution in [3.63, 3.8) is 0 Å². The van der Waals surface area contributed by atoms with Crippen LogP contribution in [0.25, 0.3) is 0 Å². The molecule has 2 heterocycles. The first-order valence-corrected chi connectivity index (χ1v) is 9.60. The van der Waals surface area contributed by atoms with Crippen molar-refractivity contribution in [2.24, 2.45) is 0 Å². The lowest BCUT2D eigenvalue weighted by Crippen LogP contribution is -2.61. The van der Waals surface area contributed by atoms with Gasteiger partial charge in [0.1, 0.15) is 53.0 Å². The molecule has 0 aliphatic carbocycles. The molecule has 0 bridgehead atoms. The molecule has 11 nitrogen and oxygen atoms in total. The topological polar surface area (TPSA) is 183 Å². The van der Waals surface area contributed by atoms with Crippen LogP contribution in [0.1, 0.15) is 28.4 Å². The third-order valence-electron chi connectivity index (χ3n) is 5.30. The Kier molecular flexibility index (Phi) is 5.65. The van der Waals surface area contributed by atoms with E-state index in [2.05, 4.69) is 0 Å². The number of carboxylic acid groups (broad SMARTS) is 1. The van der Waals surface area contributed by atoms with Crippen molar-refractivity contribution >= 4 is 11.8 Å². The molecular formula is C21H20O11. The number of phenolic OH excluding ortho intramolecular Hbond substituents is 2. The molecule has 170 valence electrons. The summed E-state index contributed by atoms with van der Waals surface area (Å²) in [6.45, 7) is 0. The third kappa shape index (κ3) is 3.94. The van der Waals surface area contributed by atoms with Gasteiger partial charge in [0, 0.05) is 12.1 Å². The third-order valence-corrected chi connectivity index (χ3v) is 5.30. The predicted octanol–water partition coefficient (Wildman–Crippen LogP) is 0.0753. The summed E-state index contributed by atoms with van der Waals surface area (Å²) in [5, 5.41) is 58.7. The van der Waals surface area contributed by atoms with E-state index in [1.807, 2.05) is 0 Å². The Bertz CT molecular complexity index is 1030. The Balaban J connectivity index is 1.60. The van der Waals surface area contributed by atoms with Crippen LogP contribution < -0.4 is 9.47 Å². The number of phenols is 2. The molecule has 1 saturated heterocycles. The number of aliphatic hydroxyl groups excluding tert-OH is 3. The van der Waals surface area contributed by atoms with Gasteiger partial charge in [-0.2, -0.15) is 0 Å². The molecule has 0 aromatic heterocycles. The van der Waals surface area contributed by atoms with E-state index in [-0.39, 0.29) is 29.2 Å². The minimum absolute atomic E-state index is 0.0185. The number of hydrogen-bond acceptors (Lipinski definition) is 10. The van der Waals surface area contributed by atoms with Gasteiger partial charge in [-0.15, -0.1) is 0 Å². The van der Waals surface area contributed by atoms with Gasteiger partial charge < -0.3 is 44.8 Å². The van der Waals surface area contributed by atoms with Gasteiger partial charge in [0.15, 0.2) is 11.9 Å². The number of ether oxygens (including phenoxy) is 3. The first-order valence-electron chi connectivity index (χ1n) is 9.60. The number of aliphatic hydroxyl groups is 3. The maximum Gasteiger partial charge on any atom is 0.335 e. The lowest BCUT2D eigenvalue weighted by Gasteiger charge is -2.38. The minimum Gasteiger partial charge on any atom is -0.508 e. The number of hydrogen-bond donors (Lipinski definition) is 6. The molecule has 0 unspecified atom stereocenters. The van der Waals surface area contributed by atoms with E-state index in [1.165, 1.54) is 18.2 Å². The number of aromatic hydroxyl groups is 2. The number of carbonyl (C=O) groups is 2. The summed E-state index contributed by atoms with van der Waals surface area (Å²) in [6.07, 6.45) is -9.86. The van der Waals surface area contributed by atoms with E-state index in [0.717, 1.165) is 6.07 Å². The van der Waals surface area contributed by atoms with Gasteiger partial charge in [-0.05, 0) is 17.7 Å². The molecule has 1 fully saturated rings. The summed E-state index contributed by atoms with van der Waals surface area (Å²) in [6, 6.07) is 8.37. The molecule has 2 aromatic carbocycles. The molecule has 32 heavy (non-hydrogen) atoms. The van der Waals surface area contributed by atoms with Crippen LogP contribution in [-0.4, -0.2) is 73.1 Å². The molecule has 6 atom stereocenters. The first-order chi connectivity index (χ1) is 15.2. The van der Waals surface area contributed by atoms with Crippen LogP contribution >= 0.6 is 0 Å². The van der Waals surface area contributed by atoms with Crippen LogP contribution in [0.15, 0.2) is 36.4 Å². The van der Waals surface area contributed by atoms with E-state index < -0.39 is 54.3 Å². The summed E-state index contributed by atoms with van der Waals surface area (Å²) < 4.78 is 16.3. The quantitative estimate of drug-likeness (QED) is 0.372. The van der Waals surface area contributed by atoms with Gasteiger partial charge in [0.2, 0.25) is 6.29 Å². The zero-order valence-electron chi connectivity index (χ0n) is 16.4. The monoisotopic (exact) mass is 448 g/mol. The second kappa shape index (κ2) is 8.28. The average Bonchev–Trinajstić information content (AvgIpc) is 2.73. The highest BCUT2D eigenvalue weighted by atomic mass is 16.7. The van der Waals surface area contributed by atoms with E-state index in [9.17, 15) is 35.1 Å². The Labute approximate surface area is 180 Å². The van der Waals surface area contributed by atoms with Crippen molar-refractivity contribution in [3.05, 3.63) is 47.5 Å². The number of Topliss-reactive ketones (excluding diaryl/α,β-unsaturated/α-hetero) is 1. The Hall–Kier alpha value is -3.38. The van der Waals surface area contributed by atoms with Crippen LogP contribution in [0.2, 0.25) is 0 Å². The fraction of sp³-hybridized carbons (Fsp3) is 0.333. The number of carboxylic acids is 1. The number of ketones is 1. The van der Waals surface area contributed by atoms with Crippen LogP contribution in [-0.2, 0) is 9.53 Å². The first kappa shape index (κ1) is 21.8. The largest absolute Gasteiger partial charge is 0.508 e. The van der Waals surface area contributed by atoms with Crippen LogP contribution in [0.5, 0.6) is 23.0 Å². The second-order valence-corrected chi connectivity index (χ2v) is 7.49. The number of rotatable bonds is 4. The Morgan fingerprint density at radius 2 is 1.69 bits per heavy atom. The molecular weight excluding hydrogens is 428 g/mol. The zero-order chi connectivity index (χ0) is 23.2. The molecule has 6 N–H and O–H groups in total. The lowest BCUT2D eigenvalue weighted by molar-refractivity contribution is -0.271. The highest BCUT2D eigenvalue weighted by Crippen LogP contribution is 2.42. The van der Waals surface area contributed by atoms with E-state index in [4.69, 9.17) is 19.3 Å². The molecule has 4 rings (SSSR count). The van der Waals surface area contributed by atoms with Crippen LogP contribution in [0.4, 0.5) is 0 Å². The van der Waals surface area contributed by atoms with Crippen molar-refractivity contribution in [1.82, 2.24) is 0 Å². The standard InChI is InChI=1S/C21H20O11/c22-9-3-1-8(2-4-9)13-7-12(24)15-11(23)5-10(6-14(15)31-13)30-21-18(27)16(25)17(26)19(32-21)20(28)29/h1-6,13,16-19,21-23,25-27H,7H2,(H,28,29)/t13-,16+,17+,18-,19+,21-/m1/s1. The summed E-state index contributed by atoms with van der Waals surface area (Å²) >= 11 is 0. The molecule has 2 aromatic rings. The predicted molar refractivity (Wildman–Crippen MR) is 103 cm³/mol. The molecule has 0 amide bonds. The van der Waals surface area contributed by atoms with Gasteiger partial charge in [-0.3, -0.25) is 4.79 Å². The lowest BCUT2D eigenvalue weighted by atomic mass is 9.95. The van der Waals surface area contributed by atoms with Crippen molar-refractivity contribution in [3.8, 4) is 23.0 Å². The van der Waals surface area contributed by atoms with E-state index in [0.29, 0.717) is 5.56 Å². The number of benzene rings is 2. The summed E-state index contributed by atoms with van der Waals surface area (Å²) in [4.78, 5) is 23.8. The van der Waals surface area contributed by atoms with Gasteiger partial charge in [-0.25, -0.2) is 4.79 Å². The number of fused-ring (bicyclic) bond motifs is 1. The maximum absolute atomic E-state index is 12.6. The fourth-order valence-electron chi connectivity index (χ4n) is 3.64. The molecule has 0 radical (unpaired) electrons. The molecule has 2 aliphatic heterocycles. The second-order valence-electron chi connectivity index (χ2n) is 7.49. The highest BCUT2D eigenvalue weighted by Gasteiger charge is 2.48. The van der Waals surface area contributed by atoms with Crippen molar-refractivity contribution in [2.75, 3.05) is 0 Å². The summed E-state index contributed by atoms with van der Waals surface area (Å²) in [7, 11) is 0. The summed E-state index contributed by atoms with van der Waals surface area (Å²) in [5.74, 6) is -2.55. The smallest absolute Gasteiger partial charge is 0.335 e. The van der Waals surface area contributed by atoms with Crippen molar-refractivity contribution < 1.29 is 54.4 Å². The van der Waals surface area contributed by atoms with Gasteiger partial charge in [-0.1, -0.05) is 12.1 Å². The van der Waals surface area contributed by atoms with Crippen molar-refractivity contribution in [2.45, 2.75) is 43.2 Å². The highest BCUT2D eigenvalue weighted by molar-refractivity contribution is 6.02. The van der Waals surface area contributed by atoms with E-state index in [1.54, 1.807) is 12.1 Å². The molecule has 11 heteroatoms. The van der Waals surface area contributed by atoms with Gasteiger partial charge >= 0.3 is 5.97 Å². The minimum atomic E-state index is -1.88. The average molecular weight is 448 g/mol. The number of aliphatic carboxylic acids is 1. The Morgan fingerprint density at radius 3 is 2.34 bits per heavy atom. The van der Waals surface area contributed by atoms with Crippen molar-refractivity contribution in [1.29, 1.82) is 0 Å². The van der Waals surface area contributed by atoms with Crippen LogP contribution in [0, 0.1) is 0 Å². The molecule has 0 saturated carbocycles. The Morgan fingerprint density at radius 1 is 1.00 bits per heavy atom. The zero-order valence-corrected chi connectivity index (χ0v) is 16.4. The van der Waals surface area contributed by atoms with Crippen LogP contribution in [0.3, 0.4) is 0 Å². The van der Waals surface area contributed by atoms with Gasteiger partial charge in [0.05, 0.1) is 6.42 Å². The molecule has 0 spiro atoms. The van der Waals surface area contributed by atoms with Gasteiger partial charge in [0.25, 0.3) is 0 Å². The normalized spacial score (nSPS) is 29.7. The molecule has 2 aliphatic rings. The van der Waals surface area contributed by atoms with E-state index >= 15 is 0 Å². The number of carbonyl (C=O) groups excluding carboxylic acids is 1. The summed E-state index contributed by atoms with van der Waals surface area (Å²) in [5.41, 5.74) is 0.538. The SMILES string of the molecule is O=C1C[C@H](c2ccc(O)cc2)Oc2cc(O[C@@H]3O[C@H](C(=O)O)[C@@H](O)[C@H](O)[C@H]3O)cc(O)c21.